The highest BCUT2D eigenvalue weighted by Gasteiger charge is 2.14. The molecule has 20 heavy (non-hydrogen) atoms. The molecule has 0 bridgehead atoms. The van der Waals surface area contributed by atoms with Crippen molar-refractivity contribution in [1.29, 1.82) is 0 Å². The third-order valence-corrected chi connectivity index (χ3v) is 2.99. The summed E-state index contributed by atoms with van der Waals surface area (Å²) >= 11 is 0. The van der Waals surface area contributed by atoms with Crippen molar-refractivity contribution in [2.75, 3.05) is 11.1 Å². The summed E-state index contributed by atoms with van der Waals surface area (Å²) in [5, 5.41) is 3.28. The standard InChI is InChI=1S/C15H11FN2O2/c16-9-5-6-12(17)13(7-9)18-15(19)11-8-20-14-4-2-1-3-10(11)14/h1-8H,17H2,(H,18,19). The first kappa shape index (κ1) is 12.2. The molecule has 0 aliphatic heterocycles. The predicted octanol–water partition coefficient (Wildman–Crippen LogP) is 3.41. The number of para-hydroxylation sites is 1. The van der Waals surface area contributed by atoms with Crippen LogP contribution in [0.3, 0.4) is 0 Å². The zero-order valence-electron chi connectivity index (χ0n) is 10.4. The zero-order chi connectivity index (χ0) is 14.1. The Balaban J connectivity index is 1.95. The van der Waals surface area contributed by atoms with Gasteiger partial charge in [-0.15, -0.1) is 0 Å². The van der Waals surface area contributed by atoms with Crippen LogP contribution in [0.15, 0.2) is 53.1 Å². The number of hydrogen-bond acceptors (Lipinski definition) is 3. The Morgan fingerprint density at radius 1 is 1.20 bits per heavy atom. The monoisotopic (exact) mass is 270 g/mol. The molecule has 3 rings (SSSR count). The van der Waals surface area contributed by atoms with Crippen molar-refractivity contribution in [3.63, 3.8) is 0 Å². The molecule has 0 aliphatic carbocycles. The SMILES string of the molecule is Nc1ccc(F)cc1NC(=O)c1coc2ccccc12. The molecule has 4 nitrogen and oxygen atoms in total. The maximum absolute atomic E-state index is 13.2. The molecule has 0 atom stereocenters. The van der Waals surface area contributed by atoms with Gasteiger partial charge in [-0.25, -0.2) is 4.39 Å². The van der Waals surface area contributed by atoms with Gasteiger partial charge in [0.2, 0.25) is 0 Å². The number of carbonyl (C=O) groups is 1. The van der Waals surface area contributed by atoms with Gasteiger partial charge in [0.15, 0.2) is 0 Å². The molecule has 1 aromatic heterocycles. The number of carbonyl (C=O) groups excluding carboxylic acids is 1. The van der Waals surface area contributed by atoms with E-state index in [0.29, 0.717) is 22.2 Å². The molecule has 0 saturated heterocycles. The van der Waals surface area contributed by atoms with E-state index in [-0.39, 0.29) is 5.69 Å². The van der Waals surface area contributed by atoms with Crippen LogP contribution < -0.4 is 11.1 Å². The molecule has 2 aromatic carbocycles. The molecule has 0 fully saturated rings. The third kappa shape index (κ3) is 2.09. The lowest BCUT2D eigenvalue weighted by atomic mass is 10.1. The highest BCUT2D eigenvalue weighted by atomic mass is 19.1. The van der Waals surface area contributed by atoms with Gasteiger partial charge < -0.3 is 15.5 Å². The summed E-state index contributed by atoms with van der Waals surface area (Å²) in [7, 11) is 0. The number of nitrogens with two attached hydrogens (primary N) is 1. The van der Waals surface area contributed by atoms with Gasteiger partial charge in [-0.3, -0.25) is 4.79 Å². The van der Waals surface area contributed by atoms with E-state index >= 15 is 0 Å². The number of hydrogen-bond donors (Lipinski definition) is 2. The first-order valence-electron chi connectivity index (χ1n) is 5.98. The fourth-order valence-electron chi connectivity index (χ4n) is 1.98. The van der Waals surface area contributed by atoms with Crippen molar-refractivity contribution in [1.82, 2.24) is 0 Å². The van der Waals surface area contributed by atoms with E-state index in [4.69, 9.17) is 10.2 Å². The Bertz CT molecular complexity index is 795. The number of rotatable bonds is 2. The van der Waals surface area contributed by atoms with E-state index in [1.807, 2.05) is 12.1 Å². The molecular formula is C15H11FN2O2. The maximum atomic E-state index is 13.2. The molecule has 5 heteroatoms. The lowest BCUT2D eigenvalue weighted by Gasteiger charge is -2.07. The second-order valence-electron chi connectivity index (χ2n) is 4.33. The van der Waals surface area contributed by atoms with E-state index in [1.165, 1.54) is 24.5 Å². The molecule has 1 heterocycles. The van der Waals surface area contributed by atoms with Crippen LogP contribution in [0, 0.1) is 5.82 Å². The Hall–Kier alpha value is -2.82. The quantitative estimate of drug-likeness (QED) is 0.701. The molecule has 3 N–H and O–H groups in total. The van der Waals surface area contributed by atoms with Gasteiger partial charge in [0, 0.05) is 5.39 Å². The summed E-state index contributed by atoms with van der Waals surface area (Å²) < 4.78 is 18.5. The van der Waals surface area contributed by atoms with E-state index in [1.54, 1.807) is 12.1 Å². The second kappa shape index (κ2) is 4.70. The van der Waals surface area contributed by atoms with Crippen molar-refractivity contribution >= 4 is 28.3 Å². The van der Waals surface area contributed by atoms with Crippen molar-refractivity contribution in [3.05, 3.63) is 60.1 Å². The smallest absolute Gasteiger partial charge is 0.259 e. The molecule has 1 amide bonds. The predicted molar refractivity (Wildman–Crippen MR) is 75.0 cm³/mol. The van der Waals surface area contributed by atoms with Gasteiger partial charge in [0.25, 0.3) is 5.91 Å². The number of amides is 1. The number of nitrogen functional groups attached to an aromatic ring is 1. The van der Waals surface area contributed by atoms with Gasteiger partial charge >= 0.3 is 0 Å². The van der Waals surface area contributed by atoms with Crippen LogP contribution in [0.25, 0.3) is 11.0 Å². The summed E-state index contributed by atoms with van der Waals surface area (Å²) in [6.45, 7) is 0. The Labute approximate surface area is 114 Å². The number of fused-ring (bicyclic) bond motifs is 1. The molecule has 100 valence electrons. The van der Waals surface area contributed by atoms with Crippen LogP contribution in [0.2, 0.25) is 0 Å². The van der Waals surface area contributed by atoms with Crippen LogP contribution >= 0.6 is 0 Å². The minimum absolute atomic E-state index is 0.236. The normalized spacial score (nSPS) is 10.7. The average Bonchev–Trinajstić information content (AvgIpc) is 2.87. The van der Waals surface area contributed by atoms with Crippen LogP contribution in [0.4, 0.5) is 15.8 Å². The minimum Gasteiger partial charge on any atom is -0.463 e. The van der Waals surface area contributed by atoms with Gasteiger partial charge in [0.1, 0.15) is 17.7 Å². The van der Waals surface area contributed by atoms with Gasteiger partial charge in [0.05, 0.1) is 16.9 Å². The number of benzene rings is 2. The fraction of sp³-hybridized carbons (Fsp3) is 0. The van der Waals surface area contributed by atoms with Crippen molar-refractivity contribution in [3.8, 4) is 0 Å². The summed E-state index contributed by atoms with van der Waals surface area (Å²) in [6.07, 6.45) is 1.37. The first-order valence-corrected chi connectivity index (χ1v) is 5.98. The molecule has 0 radical (unpaired) electrons. The number of halogens is 1. The largest absolute Gasteiger partial charge is 0.463 e. The van der Waals surface area contributed by atoms with Gasteiger partial charge in [-0.2, -0.15) is 0 Å². The minimum atomic E-state index is -0.466. The van der Waals surface area contributed by atoms with Crippen LogP contribution in [0.1, 0.15) is 10.4 Å². The first-order chi connectivity index (χ1) is 9.65. The maximum Gasteiger partial charge on any atom is 0.259 e. The van der Waals surface area contributed by atoms with E-state index < -0.39 is 11.7 Å². The molecule has 0 saturated carbocycles. The van der Waals surface area contributed by atoms with Gasteiger partial charge in [-0.1, -0.05) is 18.2 Å². The number of nitrogens with one attached hydrogen (secondary N) is 1. The number of furan rings is 1. The highest BCUT2D eigenvalue weighted by molar-refractivity contribution is 6.13. The topological polar surface area (TPSA) is 68.3 Å². The van der Waals surface area contributed by atoms with E-state index in [0.717, 1.165) is 0 Å². The second-order valence-corrected chi connectivity index (χ2v) is 4.33. The van der Waals surface area contributed by atoms with Crippen molar-refractivity contribution < 1.29 is 13.6 Å². The van der Waals surface area contributed by atoms with E-state index in [9.17, 15) is 9.18 Å². The lowest BCUT2D eigenvalue weighted by molar-refractivity contribution is 0.102. The van der Waals surface area contributed by atoms with Crippen molar-refractivity contribution in [2.24, 2.45) is 0 Å². The summed E-state index contributed by atoms with van der Waals surface area (Å²) in [5.74, 6) is -0.862. The third-order valence-electron chi connectivity index (χ3n) is 2.99. The Morgan fingerprint density at radius 2 is 2.00 bits per heavy atom. The number of anilines is 2. The summed E-state index contributed by atoms with van der Waals surface area (Å²) in [6, 6.07) is 11.0. The van der Waals surface area contributed by atoms with Gasteiger partial charge in [-0.05, 0) is 24.3 Å². The summed E-state index contributed by atoms with van der Waals surface area (Å²) in [4.78, 5) is 12.2. The zero-order valence-corrected chi connectivity index (χ0v) is 10.4. The molecular weight excluding hydrogens is 259 g/mol. The molecule has 0 aliphatic rings. The fourth-order valence-corrected chi connectivity index (χ4v) is 1.98. The van der Waals surface area contributed by atoms with Crippen LogP contribution in [0.5, 0.6) is 0 Å². The van der Waals surface area contributed by atoms with E-state index in [2.05, 4.69) is 5.32 Å². The highest BCUT2D eigenvalue weighted by Crippen LogP contribution is 2.24. The lowest BCUT2D eigenvalue weighted by Crippen LogP contribution is -2.12. The van der Waals surface area contributed by atoms with Crippen LogP contribution in [-0.4, -0.2) is 5.91 Å². The molecule has 0 spiro atoms. The molecule has 3 aromatic rings. The Kier molecular flexibility index (Phi) is 2.87. The molecule has 0 unspecified atom stereocenters. The van der Waals surface area contributed by atoms with Crippen LogP contribution in [-0.2, 0) is 0 Å². The average molecular weight is 270 g/mol. The summed E-state index contributed by atoms with van der Waals surface area (Å²) in [5.41, 5.74) is 7.23. The Morgan fingerprint density at radius 3 is 2.85 bits per heavy atom. The van der Waals surface area contributed by atoms with Crippen molar-refractivity contribution in [2.45, 2.75) is 0 Å².